The second-order valence-electron chi connectivity index (χ2n) is 6.90. The molecule has 0 spiro atoms. The number of ether oxygens (including phenoxy) is 1. The number of nitrogens with two attached hydrogens (primary N) is 1. The van der Waals surface area contributed by atoms with Crippen LogP contribution in [-0.2, 0) is 31.6 Å². The molecule has 2 unspecified atom stereocenters. The number of aliphatic hydroxyl groups is 1. The van der Waals surface area contributed by atoms with Gasteiger partial charge in [0.05, 0.1) is 5.39 Å². The maximum Gasteiger partial charge on any atom is 0.490 e. The van der Waals surface area contributed by atoms with Gasteiger partial charge < -0.3 is 39.7 Å². The molecule has 1 aliphatic heterocycles. The van der Waals surface area contributed by atoms with E-state index in [1.165, 1.54) is 10.9 Å². The molecule has 1 saturated heterocycles. The van der Waals surface area contributed by atoms with E-state index >= 15 is 0 Å². The van der Waals surface area contributed by atoms with Gasteiger partial charge in [-0.1, -0.05) is 5.92 Å². The Morgan fingerprint density at radius 1 is 1.27 bits per heavy atom. The lowest BCUT2D eigenvalue weighted by Gasteiger charge is -2.27. The highest BCUT2D eigenvalue weighted by atomic mass is 31.3. The summed E-state index contributed by atoms with van der Waals surface area (Å²) in [7, 11) is -16.7. The molecule has 2 aromatic rings. The molecule has 0 amide bonds. The molecular weight excluding hydrogens is 509 g/mol. The second-order valence-corrected chi connectivity index (χ2v) is 11.3. The fourth-order valence-electron chi connectivity index (χ4n) is 3.22. The van der Waals surface area contributed by atoms with Crippen molar-refractivity contribution in [3.63, 3.8) is 0 Å². The Hall–Kier alpha value is -1.69. The number of rotatable bonds is 8. The van der Waals surface area contributed by atoms with Gasteiger partial charge in [-0.3, -0.25) is 4.52 Å². The van der Waals surface area contributed by atoms with Crippen LogP contribution in [0.4, 0.5) is 5.82 Å². The lowest BCUT2D eigenvalue weighted by Crippen LogP contribution is -2.42. The normalized spacial score (nSPS) is 27.2. The summed E-state index contributed by atoms with van der Waals surface area (Å²) in [6, 6.07) is 0. The highest BCUT2D eigenvalue weighted by Gasteiger charge is 2.51. The third kappa shape index (κ3) is 5.70. The molecule has 0 bridgehead atoms. The first-order chi connectivity index (χ1) is 15.1. The summed E-state index contributed by atoms with van der Waals surface area (Å²) in [5.41, 5.74) is 4.94. The van der Waals surface area contributed by atoms with Crippen LogP contribution in [0.1, 0.15) is 18.2 Å². The number of anilines is 1. The molecule has 0 radical (unpaired) electrons. The largest absolute Gasteiger partial charge is 0.490 e. The van der Waals surface area contributed by atoms with Gasteiger partial charge in [-0.15, -0.1) is 6.42 Å². The van der Waals surface area contributed by atoms with E-state index in [1.807, 2.05) is 0 Å². The van der Waals surface area contributed by atoms with Crippen molar-refractivity contribution in [2.45, 2.75) is 31.3 Å². The van der Waals surface area contributed by atoms with Crippen LogP contribution < -0.4 is 5.73 Å². The van der Waals surface area contributed by atoms with E-state index in [-0.39, 0.29) is 12.2 Å². The number of nitrogen functional groups attached to an aromatic ring is 1. The highest BCUT2D eigenvalue weighted by molar-refractivity contribution is 7.66. The van der Waals surface area contributed by atoms with Gasteiger partial charge in [0, 0.05) is 12.6 Å². The topological polar surface area (TPSA) is 246 Å². The minimum Gasteiger partial charge on any atom is -0.389 e. The Kier molecular flexibility index (Phi) is 6.94. The van der Waals surface area contributed by atoms with Gasteiger partial charge in [-0.2, -0.15) is 8.62 Å². The Bertz CT molecular complexity index is 1250. The first-order valence-corrected chi connectivity index (χ1v) is 13.3. The Morgan fingerprint density at radius 2 is 1.94 bits per heavy atom. The van der Waals surface area contributed by atoms with E-state index in [1.54, 1.807) is 13.1 Å². The lowest BCUT2D eigenvalue weighted by atomic mass is 9.99. The van der Waals surface area contributed by atoms with Crippen molar-refractivity contribution in [2.24, 2.45) is 0 Å². The fourth-order valence-corrected chi connectivity index (χ4v) is 6.27. The van der Waals surface area contributed by atoms with Crippen LogP contribution in [0, 0.1) is 19.3 Å². The zero-order chi connectivity index (χ0) is 24.8. The van der Waals surface area contributed by atoms with Gasteiger partial charge in [-0.05, 0) is 12.5 Å². The summed E-state index contributed by atoms with van der Waals surface area (Å²) >= 11 is 0. The summed E-state index contributed by atoms with van der Waals surface area (Å²) in [5.74, 6) is 2.34. The van der Waals surface area contributed by atoms with Crippen LogP contribution in [-0.4, -0.2) is 57.5 Å². The maximum absolute atomic E-state index is 12.0. The number of hydrogen-bond donors (Lipinski definition) is 6. The predicted octanol–water partition coefficient (Wildman–Crippen LogP) is 0.317. The number of nitrogens with zero attached hydrogens (tertiary/aromatic N) is 3. The van der Waals surface area contributed by atoms with Crippen molar-refractivity contribution < 1.29 is 56.3 Å². The minimum absolute atomic E-state index is 0.114. The first kappa shape index (κ1) is 25.9. The fraction of sp³-hybridized carbons (Fsp3) is 0.429. The molecule has 1 fully saturated rings. The van der Waals surface area contributed by atoms with Gasteiger partial charge >= 0.3 is 23.5 Å². The van der Waals surface area contributed by atoms with Crippen LogP contribution in [0.3, 0.4) is 0 Å². The van der Waals surface area contributed by atoms with Gasteiger partial charge in [0.25, 0.3) is 0 Å². The van der Waals surface area contributed by atoms with Crippen molar-refractivity contribution >= 4 is 40.3 Å². The summed E-state index contributed by atoms with van der Waals surface area (Å²) in [4.78, 5) is 44.1. The number of phosphoric ester groups is 1. The van der Waals surface area contributed by atoms with Gasteiger partial charge in [0.15, 0.2) is 5.60 Å². The third-order valence-corrected chi connectivity index (χ3v) is 8.33. The molecule has 0 aromatic carbocycles. The number of aromatic nitrogens is 3. The maximum atomic E-state index is 12.0. The molecule has 0 saturated carbocycles. The molecule has 16 nitrogen and oxygen atoms in total. The molecule has 5 atom stereocenters. The van der Waals surface area contributed by atoms with Crippen molar-refractivity contribution in [2.75, 3.05) is 12.3 Å². The first-order valence-electron chi connectivity index (χ1n) is 8.78. The smallest absolute Gasteiger partial charge is 0.389 e. The van der Waals surface area contributed by atoms with E-state index in [4.69, 9.17) is 26.7 Å². The highest BCUT2D eigenvalue weighted by Crippen LogP contribution is 2.66. The molecule has 1 aliphatic rings. The minimum atomic E-state index is -5.72. The van der Waals surface area contributed by atoms with Crippen LogP contribution >= 0.6 is 23.5 Å². The van der Waals surface area contributed by atoms with Crippen molar-refractivity contribution in [3.05, 3.63) is 18.1 Å². The van der Waals surface area contributed by atoms with Gasteiger partial charge in [0.2, 0.25) is 0 Å². The average molecular weight is 528 g/mol. The van der Waals surface area contributed by atoms with Crippen LogP contribution in [0.15, 0.2) is 12.5 Å². The van der Waals surface area contributed by atoms with Crippen LogP contribution in [0.5, 0.6) is 0 Å². The molecule has 7 N–H and O–H groups in total. The number of aliphatic hydroxyl groups excluding tert-OH is 1. The Morgan fingerprint density at radius 3 is 2.55 bits per heavy atom. The Balaban J connectivity index is 1.79. The van der Waals surface area contributed by atoms with Crippen molar-refractivity contribution in [1.29, 1.82) is 0 Å². The number of hydrogen-bond acceptors (Lipinski definition) is 11. The van der Waals surface area contributed by atoms with Crippen LogP contribution in [0.2, 0.25) is 0 Å². The lowest BCUT2D eigenvalue weighted by molar-refractivity contribution is -0.0873. The summed E-state index contributed by atoms with van der Waals surface area (Å²) in [5, 5.41) is 11.1. The Labute approximate surface area is 185 Å². The van der Waals surface area contributed by atoms with Crippen molar-refractivity contribution in [1.82, 2.24) is 14.5 Å². The van der Waals surface area contributed by atoms with Crippen LogP contribution in [0.25, 0.3) is 11.0 Å². The average Bonchev–Trinajstić information content (AvgIpc) is 3.15. The summed E-state index contributed by atoms with van der Waals surface area (Å²) in [6.45, 7) is 0.730. The van der Waals surface area contributed by atoms with Gasteiger partial charge in [0.1, 0.15) is 36.7 Å². The second kappa shape index (κ2) is 8.83. The van der Waals surface area contributed by atoms with Gasteiger partial charge in [-0.25, -0.2) is 23.7 Å². The molecule has 182 valence electrons. The predicted molar refractivity (Wildman–Crippen MR) is 109 cm³/mol. The standard InChI is InChI=1S/C14H19N4O12P3/c1-3-14(6-27-32(23,24)30-33(25,26)29-31(20,21)22)9(19)4-10(28-14)18-5-8(2)11-12(15)16-7-17-13(11)18/h1,5,7,9-10,19H,4,6H2,2H3,(H,23,24)(H,25,26)(H2,15,16,17)(H2,20,21,22)/t9-,10+,14+/m0/s1. The summed E-state index contributed by atoms with van der Waals surface area (Å²) in [6.07, 6.45) is 5.83. The quantitative estimate of drug-likeness (QED) is 0.199. The zero-order valence-electron chi connectivity index (χ0n) is 16.7. The number of terminal acetylenes is 1. The van der Waals surface area contributed by atoms with E-state index in [2.05, 4.69) is 29.0 Å². The van der Waals surface area contributed by atoms with E-state index < -0.39 is 48.0 Å². The van der Waals surface area contributed by atoms with E-state index in [9.17, 15) is 28.6 Å². The number of phosphoric acid groups is 3. The van der Waals surface area contributed by atoms with Crippen molar-refractivity contribution in [3.8, 4) is 12.3 Å². The molecule has 33 heavy (non-hydrogen) atoms. The molecular formula is C14H19N4O12P3. The molecule has 19 heteroatoms. The number of fused-ring (bicyclic) bond motifs is 1. The van der Waals surface area contributed by atoms with E-state index in [0.717, 1.165) is 0 Å². The van der Waals surface area contributed by atoms with E-state index in [0.29, 0.717) is 16.6 Å². The molecule has 3 heterocycles. The molecule has 3 rings (SSSR count). The summed E-state index contributed by atoms with van der Waals surface area (Å²) < 4.78 is 53.3. The molecule has 0 aliphatic carbocycles. The SMILES string of the molecule is C#C[C@]1(COP(=O)(O)OP(=O)(O)OP(=O)(O)O)O[C@@H](n2cc(C)c3c(N)ncnc32)C[C@@H]1O. The molecule has 2 aromatic heterocycles. The zero-order valence-corrected chi connectivity index (χ0v) is 19.3. The third-order valence-electron chi connectivity index (χ3n) is 4.55. The monoisotopic (exact) mass is 528 g/mol. The number of aryl methyl sites for hydroxylation is 1.